The summed E-state index contributed by atoms with van der Waals surface area (Å²) in [5.41, 5.74) is 1.39. The predicted octanol–water partition coefficient (Wildman–Crippen LogP) is 2.86. The number of halogens is 1. The summed E-state index contributed by atoms with van der Waals surface area (Å²) in [6.07, 6.45) is 0.923. The monoisotopic (exact) mass is 466 g/mol. The van der Waals surface area contributed by atoms with Crippen molar-refractivity contribution in [2.45, 2.75) is 31.2 Å². The summed E-state index contributed by atoms with van der Waals surface area (Å²) in [7, 11) is 1.57. The molecule has 0 spiro atoms. The van der Waals surface area contributed by atoms with Gasteiger partial charge in [-0.1, -0.05) is 47.6 Å². The maximum Gasteiger partial charge on any atom is 0.232 e. The Balaban J connectivity index is 1.50. The number of methoxy groups -OCH3 is 1. The number of hydrogen-bond donors (Lipinski definition) is 2. The first kappa shape index (κ1) is 23.6. The van der Waals surface area contributed by atoms with Crippen LogP contribution in [0.25, 0.3) is 11.4 Å². The van der Waals surface area contributed by atoms with E-state index >= 15 is 0 Å². The summed E-state index contributed by atoms with van der Waals surface area (Å²) < 4.78 is 24.1. The lowest BCUT2D eigenvalue weighted by molar-refractivity contribution is -0.125. The quantitative estimate of drug-likeness (QED) is 0.470. The minimum Gasteiger partial charge on any atom is -0.383 e. The van der Waals surface area contributed by atoms with Gasteiger partial charge in [0.25, 0.3) is 0 Å². The molecule has 0 aliphatic heterocycles. The molecule has 1 aromatic heterocycles. The van der Waals surface area contributed by atoms with E-state index in [1.807, 2.05) is 30.3 Å². The van der Waals surface area contributed by atoms with Gasteiger partial charge in [-0.15, -0.1) is 0 Å². The molecule has 3 aromatic rings. The first-order valence-electron chi connectivity index (χ1n) is 11.2. The van der Waals surface area contributed by atoms with Crippen molar-refractivity contribution in [3.8, 4) is 11.4 Å². The minimum absolute atomic E-state index is 0.0325. The lowest BCUT2D eigenvalue weighted by Crippen LogP contribution is -2.38. The molecule has 1 fully saturated rings. The van der Waals surface area contributed by atoms with Gasteiger partial charge in [-0.2, -0.15) is 4.98 Å². The first-order valence-corrected chi connectivity index (χ1v) is 11.2. The fourth-order valence-electron chi connectivity index (χ4n) is 4.29. The second-order valence-electron chi connectivity index (χ2n) is 8.36. The molecule has 2 aromatic carbocycles. The van der Waals surface area contributed by atoms with Gasteiger partial charge in [0, 0.05) is 31.2 Å². The predicted molar refractivity (Wildman–Crippen MR) is 122 cm³/mol. The highest BCUT2D eigenvalue weighted by Crippen LogP contribution is 2.38. The van der Waals surface area contributed by atoms with Crippen LogP contribution < -0.4 is 10.6 Å². The number of rotatable bonds is 9. The summed E-state index contributed by atoms with van der Waals surface area (Å²) in [6, 6.07) is 15.0. The Hall–Kier alpha value is -3.59. The van der Waals surface area contributed by atoms with Crippen LogP contribution in [0.1, 0.15) is 30.2 Å². The zero-order valence-corrected chi connectivity index (χ0v) is 18.9. The Morgan fingerprint density at radius 3 is 2.74 bits per heavy atom. The summed E-state index contributed by atoms with van der Waals surface area (Å²) in [4.78, 5) is 30.0. The molecule has 0 bridgehead atoms. The van der Waals surface area contributed by atoms with E-state index in [2.05, 4.69) is 20.8 Å². The molecule has 9 heteroatoms. The third kappa shape index (κ3) is 5.85. The van der Waals surface area contributed by atoms with E-state index in [1.165, 1.54) is 12.1 Å². The molecule has 34 heavy (non-hydrogen) atoms. The van der Waals surface area contributed by atoms with E-state index in [0.29, 0.717) is 43.3 Å². The number of ether oxygens (including phenoxy) is 1. The topological polar surface area (TPSA) is 106 Å². The average Bonchev–Trinajstić information content (AvgIpc) is 3.47. The number of nitrogens with one attached hydrogen (secondary N) is 2. The smallest absolute Gasteiger partial charge is 0.232 e. The third-order valence-electron chi connectivity index (χ3n) is 5.93. The Kier molecular flexibility index (Phi) is 7.64. The highest BCUT2D eigenvalue weighted by atomic mass is 19.1. The first-order chi connectivity index (χ1) is 16.5. The van der Waals surface area contributed by atoms with E-state index < -0.39 is 5.82 Å². The van der Waals surface area contributed by atoms with Crippen LogP contribution in [-0.2, 0) is 20.7 Å². The van der Waals surface area contributed by atoms with Crippen LogP contribution in [0, 0.1) is 11.7 Å². The van der Waals surface area contributed by atoms with E-state index in [4.69, 9.17) is 9.26 Å². The molecule has 8 nitrogen and oxygen atoms in total. The van der Waals surface area contributed by atoms with Crippen molar-refractivity contribution in [1.29, 1.82) is 0 Å². The molecule has 0 radical (unpaired) electrons. The number of aromatic nitrogens is 2. The highest BCUT2D eigenvalue weighted by Gasteiger charge is 2.42. The number of amides is 2. The number of benzene rings is 2. The molecular formula is C25H27FN4O4. The van der Waals surface area contributed by atoms with Crippen LogP contribution in [0.5, 0.6) is 0 Å². The van der Waals surface area contributed by atoms with Crippen molar-refractivity contribution in [2.24, 2.45) is 5.92 Å². The van der Waals surface area contributed by atoms with E-state index in [9.17, 15) is 14.0 Å². The number of hydrogen-bond acceptors (Lipinski definition) is 6. The van der Waals surface area contributed by atoms with E-state index in [1.54, 1.807) is 19.2 Å². The van der Waals surface area contributed by atoms with Crippen molar-refractivity contribution in [2.75, 3.05) is 20.3 Å². The normalized spacial score (nSPS) is 19.6. The van der Waals surface area contributed by atoms with Gasteiger partial charge < -0.3 is 19.9 Å². The maximum absolute atomic E-state index is 13.5. The Bertz CT molecular complexity index is 1120. The van der Waals surface area contributed by atoms with Crippen LogP contribution in [0.3, 0.4) is 0 Å². The zero-order valence-electron chi connectivity index (χ0n) is 18.9. The zero-order chi connectivity index (χ0) is 23.9. The summed E-state index contributed by atoms with van der Waals surface area (Å²) >= 11 is 0. The molecule has 178 valence electrons. The molecule has 2 amide bonds. The van der Waals surface area contributed by atoms with Crippen molar-refractivity contribution in [3.63, 3.8) is 0 Å². The molecule has 1 aliphatic rings. The largest absolute Gasteiger partial charge is 0.383 e. The van der Waals surface area contributed by atoms with Crippen LogP contribution in [0.15, 0.2) is 59.1 Å². The SMILES string of the molecule is COCCNC(=O)[C@H]1C[C@H](NC(=O)Cc2cccc(F)c2)[C@H](c2nc(-c3ccccc3)no2)C1. The summed E-state index contributed by atoms with van der Waals surface area (Å²) in [5.74, 6) is -0.574. The fraction of sp³-hybridized carbons (Fsp3) is 0.360. The van der Waals surface area contributed by atoms with Crippen LogP contribution in [0.4, 0.5) is 4.39 Å². The standard InChI is InChI=1S/C25H27FN4O4/c1-33-11-10-27-24(32)18-14-20(25-29-23(30-34-25)17-7-3-2-4-8-17)21(15-18)28-22(31)13-16-6-5-9-19(26)12-16/h2-9,12,18,20-21H,10-11,13-15H2,1H3,(H,27,32)(H,28,31)/t18-,20-,21+/m1/s1. The molecule has 1 heterocycles. The molecule has 4 rings (SSSR count). The van der Waals surface area contributed by atoms with Crippen molar-refractivity contribution in [3.05, 3.63) is 71.9 Å². The fourth-order valence-corrected chi connectivity index (χ4v) is 4.29. The van der Waals surface area contributed by atoms with Crippen LogP contribution in [0.2, 0.25) is 0 Å². The van der Waals surface area contributed by atoms with Gasteiger partial charge in [-0.3, -0.25) is 9.59 Å². The van der Waals surface area contributed by atoms with Crippen molar-refractivity contribution < 1.29 is 23.2 Å². The molecule has 2 N–H and O–H groups in total. The summed E-state index contributed by atoms with van der Waals surface area (Å²) in [5, 5.41) is 9.96. The summed E-state index contributed by atoms with van der Waals surface area (Å²) in [6.45, 7) is 0.825. The molecule has 1 saturated carbocycles. The van der Waals surface area contributed by atoms with Gasteiger partial charge in [-0.25, -0.2) is 4.39 Å². The number of nitrogens with zero attached hydrogens (tertiary/aromatic N) is 2. The second kappa shape index (κ2) is 11.0. The second-order valence-corrected chi connectivity index (χ2v) is 8.36. The number of carbonyl (C=O) groups is 2. The van der Waals surface area contributed by atoms with Gasteiger partial charge in [0.15, 0.2) is 0 Å². The van der Waals surface area contributed by atoms with Crippen LogP contribution in [-0.4, -0.2) is 48.3 Å². The molecule has 0 saturated heterocycles. The third-order valence-corrected chi connectivity index (χ3v) is 5.93. The van der Waals surface area contributed by atoms with E-state index in [-0.39, 0.29) is 36.1 Å². The van der Waals surface area contributed by atoms with Gasteiger partial charge in [-0.05, 0) is 30.5 Å². The van der Waals surface area contributed by atoms with Crippen molar-refractivity contribution in [1.82, 2.24) is 20.8 Å². The maximum atomic E-state index is 13.5. The highest BCUT2D eigenvalue weighted by molar-refractivity contribution is 5.81. The average molecular weight is 467 g/mol. The lowest BCUT2D eigenvalue weighted by Gasteiger charge is -2.18. The molecule has 0 unspecified atom stereocenters. The molecule has 1 aliphatic carbocycles. The number of carbonyl (C=O) groups excluding carboxylic acids is 2. The van der Waals surface area contributed by atoms with Gasteiger partial charge >= 0.3 is 0 Å². The molecule has 3 atom stereocenters. The molecular weight excluding hydrogens is 439 g/mol. The van der Waals surface area contributed by atoms with Gasteiger partial charge in [0.2, 0.25) is 23.5 Å². The van der Waals surface area contributed by atoms with Gasteiger partial charge in [0.05, 0.1) is 18.9 Å². The van der Waals surface area contributed by atoms with Gasteiger partial charge in [0.1, 0.15) is 5.82 Å². The van der Waals surface area contributed by atoms with E-state index in [0.717, 1.165) is 5.56 Å². The Labute approximate surface area is 196 Å². The minimum atomic E-state index is -0.392. The lowest BCUT2D eigenvalue weighted by atomic mass is 10.0. The van der Waals surface area contributed by atoms with Crippen LogP contribution >= 0.6 is 0 Å². The van der Waals surface area contributed by atoms with Crippen molar-refractivity contribution >= 4 is 11.8 Å². The Morgan fingerprint density at radius 2 is 1.97 bits per heavy atom. The Morgan fingerprint density at radius 1 is 1.15 bits per heavy atom.